The van der Waals surface area contributed by atoms with Gasteiger partial charge in [-0.15, -0.1) is 0 Å². The zero-order valence-corrected chi connectivity index (χ0v) is 36.8. The van der Waals surface area contributed by atoms with Crippen LogP contribution < -0.4 is 9.80 Å². The maximum absolute atomic E-state index is 6.41. The van der Waals surface area contributed by atoms with Gasteiger partial charge >= 0.3 is 0 Å². The Labute approximate surface area is 392 Å². The van der Waals surface area contributed by atoms with Crippen molar-refractivity contribution in [3.8, 4) is 44.5 Å². The monoisotopic (exact) mass is 868 g/mol. The van der Waals surface area contributed by atoms with Gasteiger partial charge in [0.2, 0.25) is 0 Å². The van der Waals surface area contributed by atoms with Crippen molar-refractivity contribution in [2.24, 2.45) is 0 Å². The van der Waals surface area contributed by atoms with Crippen molar-refractivity contribution >= 4 is 88.8 Å². The van der Waals surface area contributed by atoms with E-state index in [1.165, 1.54) is 50.0 Å². The molecule has 0 amide bonds. The second kappa shape index (κ2) is 15.2. The average Bonchev–Trinajstić information content (AvgIpc) is 3.97. The standard InChI is InChI=1S/C64H40N2O2/c1-2-12-41(13-3-1)46-18-9-19-49(37-46)66-58-35-28-47(38-57(58)56-22-10-14-43-15-11-23-59(66)64(43)56)45-17-8-16-44(36-45)42-26-29-48(30-27-42)65(50-31-33-54-52-20-4-6-24-60(52)67-62(54)39-50)51-32-34-55-53-21-5-7-25-61(53)68-63(55)40-51/h1-40H. The van der Waals surface area contributed by atoms with Crippen LogP contribution >= 0.6 is 0 Å². The van der Waals surface area contributed by atoms with Gasteiger partial charge in [-0.1, -0.05) is 146 Å². The minimum absolute atomic E-state index is 0.847. The van der Waals surface area contributed by atoms with Crippen LogP contribution in [-0.4, -0.2) is 0 Å². The molecule has 11 aromatic carbocycles. The van der Waals surface area contributed by atoms with Gasteiger partial charge in [0.1, 0.15) is 22.3 Å². The molecule has 14 rings (SSSR count). The lowest BCUT2D eigenvalue weighted by Crippen LogP contribution is -2.15. The van der Waals surface area contributed by atoms with E-state index in [1.54, 1.807) is 0 Å². The van der Waals surface area contributed by atoms with Gasteiger partial charge in [-0.2, -0.15) is 0 Å². The van der Waals surface area contributed by atoms with Crippen molar-refractivity contribution < 1.29 is 8.83 Å². The van der Waals surface area contributed by atoms with Crippen molar-refractivity contribution in [3.05, 3.63) is 243 Å². The summed E-state index contributed by atoms with van der Waals surface area (Å²) in [6.07, 6.45) is 0. The van der Waals surface area contributed by atoms with Crippen LogP contribution in [-0.2, 0) is 0 Å². The van der Waals surface area contributed by atoms with E-state index in [1.807, 2.05) is 24.3 Å². The molecule has 1 aliphatic heterocycles. The van der Waals surface area contributed by atoms with E-state index in [4.69, 9.17) is 8.83 Å². The molecule has 0 saturated carbocycles. The van der Waals surface area contributed by atoms with Crippen LogP contribution in [0, 0.1) is 0 Å². The highest BCUT2D eigenvalue weighted by molar-refractivity contribution is 6.14. The summed E-state index contributed by atoms with van der Waals surface area (Å²) in [5, 5.41) is 6.91. The lowest BCUT2D eigenvalue weighted by molar-refractivity contribution is 0.669. The molecule has 0 fully saturated rings. The molecule has 13 aromatic rings. The Balaban J connectivity index is 0.844. The number of benzene rings is 11. The highest BCUT2D eigenvalue weighted by atomic mass is 16.3. The van der Waals surface area contributed by atoms with E-state index >= 15 is 0 Å². The number of furan rings is 2. The van der Waals surface area contributed by atoms with Gasteiger partial charge in [0.15, 0.2) is 0 Å². The summed E-state index contributed by atoms with van der Waals surface area (Å²) in [6.45, 7) is 0. The van der Waals surface area contributed by atoms with Crippen molar-refractivity contribution in [1.82, 2.24) is 0 Å². The Morgan fingerprint density at radius 2 is 0.809 bits per heavy atom. The zero-order valence-electron chi connectivity index (χ0n) is 36.8. The summed E-state index contributed by atoms with van der Waals surface area (Å²) >= 11 is 0. The van der Waals surface area contributed by atoms with Gasteiger partial charge in [-0.3, -0.25) is 0 Å². The summed E-state index contributed by atoms with van der Waals surface area (Å²) < 4.78 is 12.8. The summed E-state index contributed by atoms with van der Waals surface area (Å²) in [4.78, 5) is 4.72. The molecule has 68 heavy (non-hydrogen) atoms. The molecule has 0 radical (unpaired) electrons. The molecular weight excluding hydrogens is 829 g/mol. The Kier molecular flexibility index (Phi) is 8.55. The molecule has 3 heterocycles. The minimum atomic E-state index is 0.847. The molecule has 0 atom stereocenters. The van der Waals surface area contributed by atoms with E-state index in [2.05, 4.69) is 228 Å². The molecule has 4 nitrogen and oxygen atoms in total. The third kappa shape index (κ3) is 6.15. The van der Waals surface area contributed by atoms with E-state index in [9.17, 15) is 0 Å². The molecule has 0 aliphatic carbocycles. The van der Waals surface area contributed by atoms with Crippen LogP contribution in [0.1, 0.15) is 0 Å². The van der Waals surface area contributed by atoms with Crippen LogP contribution in [0.4, 0.5) is 34.1 Å². The third-order valence-corrected chi connectivity index (χ3v) is 13.8. The first-order chi connectivity index (χ1) is 33.7. The lowest BCUT2D eigenvalue weighted by Gasteiger charge is -2.34. The lowest BCUT2D eigenvalue weighted by atomic mass is 9.88. The molecule has 0 saturated heterocycles. The predicted octanol–water partition coefficient (Wildman–Crippen LogP) is 18.6. The number of hydrogen-bond donors (Lipinski definition) is 0. The Bertz CT molecular complexity index is 3990. The van der Waals surface area contributed by atoms with Crippen LogP contribution in [0.25, 0.3) is 99.2 Å². The molecule has 1 aliphatic rings. The normalized spacial score (nSPS) is 12.1. The number of fused-ring (bicyclic) bond motifs is 8. The zero-order chi connectivity index (χ0) is 44.7. The fourth-order valence-corrected chi connectivity index (χ4v) is 10.6. The molecule has 4 heteroatoms. The van der Waals surface area contributed by atoms with Gasteiger partial charge in [0.25, 0.3) is 0 Å². The maximum atomic E-state index is 6.41. The summed E-state index contributed by atoms with van der Waals surface area (Å²) in [6, 6.07) is 87.1. The Hall–Kier alpha value is -9.12. The topological polar surface area (TPSA) is 32.8 Å². The van der Waals surface area contributed by atoms with Crippen molar-refractivity contribution in [3.63, 3.8) is 0 Å². The van der Waals surface area contributed by atoms with Gasteiger partial charge < -0.3 is 18.6 Å². The smallest absolute Gasteiger partial charge is 0.137 e. The highest BCUT2D eigenvalue weighted by Gasteiger charge is 2.27. The number of nitrogens with zero attached hydrogens (tertiary/aromatic N) is 2. The fraction of sp³-hybridized carbons (Fsp3) is 0. The largest absolute Gasteiger partial charge is 0.456 e. The minimum Gasteiger partial charge on any atom is -0.456 e. The molecule has 0 N–H and O–H groups in total. The summed E-state index contributed by atoms with van der Waals surface area (Å²) in [5.74, 6) is 0. The molecule has 0 unspecified atom stereocenters. The third-order valence-electron chi connectivity index (χ3n) is 13.8. The number of hydrogen-bond acceptors (Lipinski definition) is 4. The van der Waals surface area contributed by atoms with Gasteiger partial charge in [0.05, 0.1) is 11.4 Å². The van der Waals surface area contributed by atoms with Crippen LogP contribution in [0.5, 0.6) is 0 Å². The quantitative estimate of drug-likeness (QED) is 0.160. The summed E-state index contributed by atoms with van der Waals surface area (Å²) in [7, 11) is 0. The van der Waals surface area contributed by atoms with Crippen molar-refractivity contribution in [1.29, 1.82) is 0 Å². The first-order valence-electron chi connectivity index (χ1n) is 23.1. The second-order valence-electron chi connectivity index (χ2n) is 17.7. The van der Waals surface area contributed by atoms with Gasteiger partial charge in [-0.05, 0) is 129 Å². The van der Waals surface area contributed by atoms with Crippen LogP contribution in [0.3, 0.4) is 0 Å². The Morgan fingerprint density at radius 3 is 1.51 bits per heavy atom. The van der Waals surface area contributed by atoms with E-state index in [-0.39, 0.29) is 0 Å². The van der Waals surface area contributed by atoms with Gasteiger partial charge in [0, 0.05) is 67.4 Å². The Morgan fingerprint density at radius 1 is 0.294 bits per heavy atom. The number of para-hydroxylation sites is 2. The highest BCUT2D eigenvalue weighted by Crippen LogP contribution is 2.52. The molecule has 0 spiro atoms. The summed E-state index contributed by atoms with van der Waals surface area (Å²) in [5.41, 5.74) is 19.5. The van der Waals surface area contributed by atoms with Crippen molar-refractivity contribution in [2.75, 3.05) is 9.80 Å². The van der Waals surface area contributed by atoms with Crippen molar-refractivity contribution in [2.45, 2.75) is 0 Å². The molecular formula is C64H40N2O2. The average molecular weight is 869 g/mol. The number of rotatable bonds is 7. The molecule has 2 aromatic heterocycles. The van der Waals surface area contributed by atoms with E-state index in [0.717, 1.165) is 83.3 Å². The van der Waals surface area contributed by atoms with Crippen LogP contribution in [0.2, 0.25) is 0 Å². The molecule has 0 bridgehead atoms. The molecule has 318 valence electrons. The maximum Gasteiger partial charge on any atom is 0.137 e. The first-order valence-corrected chi connectivity index (χ1v) is 23.1. The predicted molar refractivity (Wildman–Crippen MR) is 283 cm³/mol. The van der Waals surface area contributed by atoms with E-state index in [0.29, 0.717) is 0 Å². The fourth-order valence-electron chi connectivity index (χ4n) is 10.6. The van der Waals surface area contributed by atoms with Gasteiger partial charge in [-0.25, -0.2) is 0 Å². The van der Waals surface area contributed by atoms with E-state index < -0.39 is 0 Å². The second-order valence-corrected chi connectivity index (χ2v) is 17.7. The van der Waals surface area contributed by atoms with Crippen LogP contribution in [0.15, 0.2) is 251 Å². The number of anilines is 6. The SMILES string of the molecule is c1ccc(-c2cccc(N3c4ccc(-c5cccc(-c6ccc(N(c7ccc8c(c7)oc7ccccc78)c7ccc8c(c7)oc7ccccc78)cc6)c5)cc4-c4cccc5cccc3c45)c2)cc1. The first kappa shape index (κ1) is 38.2.